The van der Waals surface area contributed by atoms with E-state index in [-0.39, 0.29) is 12.2 Å². The highest BCUT2D eigenvalue weighted by Crippen LogP contribution is 2.63. The van der Waals surface area contributed by atoms with E-state index in [0.29, 0.717) is 40.5 Å². The van der Waals surface area contributed by atoms with Crippen molar-refractivity contribution in [2.24, 2.45) is 17.8 Å². The molecule has 4 saturated carbocycles. The van der Waals surface area contributed by atoms with Crippen LogP contribution in [0.25, 0.3) is 0 Å². The molecule has 7 nitrogen and oxygen atoms in total. The van der Waals surface area contributed by atoms with Gasteiger partial charge in [-0.05, 0) is 98.9 Å². The van der Waals surface area contributed by atoms with Crippen LogP contribution in [0, 0.1) is 29.6 Å². The summed E-state index contributed by atoms with van der Waals surface area (Å²) in [7, 11) is 4.57. The minimum absolute atomic E-state index is 0.0122. The Morgan fingerprint density at radius 3 is 2.13 bits per heavy atom. The van der Waals surface area contributed by atoms with Gasteiger partial charge in [0.1, 0.15) is 6.10 Å². The van der Waals surface area contributed by atoms with E-state index in [1.54, 1.807) is 38.5 Å². The van der Waals surface area contributed by atoms with Gasteiger partial charge in [0.2, 0.25) is 5.75 Å². The van der Waals surface area contributed by atoms with Gasteiger partial charge in [-0.25, -0.2) is 4.79 Å². The van der Waals surface area contributed by atoms with Crippen molar-refractivity contribution < 1.29 is 33.6 Å². The molecule has 0 aliphatic heterocycles. The van der Waals surface area contributed by atoms with Crippen molar-refractivity contribution in [1.82, 2.24) is 0 Å². The molecule has 0 radical (unpaired) electrons. The Bertz CT molecular complexity index is 1220. The van der Waals surface area contributed by atoms with Crippen LogP contribution in [0.3, 0.4) is 0 Å². The lowest BCUT2D eigenvalue weighted by Gasteiger charge is -2.57. The maximum absolute atomic E-state index is 11.7. The number of carbonyl (C=O) groups excluding carboxylic acids is 1. The Kier molecular flexibility index (Phi) is 8.06. The summed E-state index contributed by atoms with van der Waals surface area (Å²) in [5.41, 5.74) is 2.73. The molecule has 4 fully saturated rings. The molecule has 208 valence electrons. The summed E-state index contributed by atoms with van der Waals surface area (Å²) in [5, 5.41) is 11.4. The summed E-state index contributed by atoms with van der Waals surface area (Å²) in [6.07, 6.45) is 6.21. The van der Waals surface area contributed by atoms with Crippen LogP contribution in [0.4, 0.5) is 0 Å². The van der Waals surface area contributed by atoms with Crippen LogP contribution in [0.5, 0.6) is 17.2 Å². The van der Waals surface area contributed by atoms with Crippen molar-refractivity contribution in [3.05, 3.63) is 52.6 Å². The highest BCUT2D eigenvalue weighted by atomic mass is 16.7. The average Bonchev–Trinajstić information content (AvgIpc) is 2.94. The SMILES string of the molecule is CCOCOc1c(OC)c(C(O)C#Cc2ccc(C(=O)OC)cc2)cc(C23CC4CC(CC(C4)C2)C3)c1OC. The Hall–Kier alpha value is -3.21. The van der Waals surface area contributed by atoms with E-state index in [9.17, 15) is 9.90 Å². The smallest absolute Gasteiger partial charge is 0.337 e. The fourth-order valence-corrected chi connectivity index (χ4v) is 7.45. The average molecular weight is 535 g/mol. The number of esters is 1. The van der Waals surface area contributed by atoms with Crippen LogP contribution in [-0.2, 0) is 14.9 Å². The predicted molar refractivity (Wildman–Crippen MR) is 146 cm³/mol. The number of benzene rings is 2. The van der Waals surface area contributed by atoms with E-state index in [1.807, 2.05) is 13.0 Å². The second-order valence-electron chi connectivity index (χ2n) is 11.1. The van der Waals surface area contributed by atoms with Crippen LogP contribution in [0.2, 0.25) is 0 Å². The minimum Gasteiger partial charge on any atom is -0.492 e. The van der Waals surface area contributed by atoms with Crippen LogP contribution >= 0.6 is 0 Å². The van der Waals surface area contributed by atoms with Crippen molar-refractivity contribution in [2.45, 2.75) is 57.0 Å². The first kappa shape index (κ1) is 27.4. The molecule has 4 aliphatic carbocycles. The van der Waals surface area contributed by atoms with E-state index in [2.05, 4.69) is 11.8 Å². The Balaban J connectivity index is 1.56. The third-order valence-electron chi connectivity index (χ3n) is 8.68. The normalized spacial score (nSPS) is 25.4. The third kappa shape index (κ3) is 5.33. The van der Waals surface area contributed by atoms with Gasteiger partial charge >= 0.3 is 5.97 Å². The van der Waals surface area contributed by atoms with Crippen molar-refractivity contribution in [3.63, 3.8) is 0 Å². The number of rotatable bonds is 9. The molecule has 2 aromatic carbocycles. The molecule has 6 rings (SSSR count). The first-order chi connectivity index (χ1) is 18.9. The highest BCUT2D eigenvalue weighted by Gasteiger charge is 2.53. The lowest BCUT2D eigenvalue weighted by Crippen LogP contribution is -2.48. The maximum atomic E-state index is 11.7. The summed E-state index contributed by atoms with van der Waals surface area (Å²) in [6, 6.07) is 8.81. The first-order valence-electron chi connectivity index (χ1n) is 13.8. The van der Waals surface area contributed by atoms with Gasteiger partial charge in [0, 0.05) is 23.3 Å². The molecule has 39 heavy (non-hydrogen) atoms. The molecule has 1 unspecified atom stereocenters. The molecule has 0 saturated heterocycles. The van der Waals surface area contributed by atoms with E-state index in [1.165, 1.54) is 26.4 Å². The van der Waals surface area contributed by atoms with Gasteiger partial charge in [0.05, 0.1) is 26.9 Å². The monoisotopic (exact) mass is 534 g/mol. The molecule has 0 heterocycles. The quantitative estimate of drug-likeness (QED) is 0.199. The summed E-state index contributed by atoms with van der Waals surface area (Å²) in [6.45, 7) is 2.46. The molecular formula is C32H38O7. The van der Waals surface area contributed by atoms with Crippen LogP contribution < -0.4 is 14.2 Å². The highest BCUT2D eigenvalue weighted by molar-refractivity contribution is 5.89. The fraction of sp³-hybridized carbons (Fsp3) is 0.531. The molecule has 7 heteroatoms. The van der Waals surface area contributed by atoms with Crippen LogP contribution in [-0.4, -0.2) is 45.8 Å². The summed E-state index contributed by atoms with van der Waals surface area (Å²) in [5.74, 6) is 9.29. The number of ether oxygens (including phenoxy) is 5. The fourth-order valence-electron chi connectivity index (χ4n) is 7.45. The molecule has 2 aromatic rings. The lowest BCUT2D eigenvalue weighted by molar-refractivity contribution is -0.00737. The largest absolute Gasteiger partial charge is 0.492 e. The lowest BCUT2D eigenvalue weighted by atomic mass is 9.48. The number of methoxy groups -OCH3 is 3. The van der Waals surface area contributed by atoms with E-state index >= 15 is 0 Å². The zero-order valence-corrected chi connectivity index (χ0v) is 23.2. The standard InChI is InChI=1S/C32H38O7/c1-5-38-19-39-30-28(35-2)25(27(33)11-8-20-6-9-24(10-7-20)31(34)37-4)15-26(29(30)36-3)32-16-21-12-22(17-32)14-23(13-21)18-32/h6-7,9-10,15,21-23,27,33H,5,12-14,16-19H2,1-4H3. The Morgan fingerprint density at radius 2 is 1.59 bits per heavy atom. The molecule has 0 amide bonds. The second-order valence-corrected chi connectivity index (χ2v) is 11.1. The molecule has 1 atom stereocenters. The minimum atomic E-state index is -1.13. The van der Waals surface area contributed by atoms with Gasteiger partial charge in [-0.1, -0.05) is 11.8 Å². The van der Waals surface area contributed by atoms with Gasteiger partial charge in [0.25, 0.3) is 0 Å². The molecule has 4 bridgehead atoms. The van der Waals surface area contributed by atoms with Crippen molar-refractivity contribution in [1.29, 1.82) is 0 Å². The van der Waals surface area contributed by atoms with Gasteiger partial charge in [-0.3, -0.25) is 0 Å². The number of carbonyl (C=O) groups is 1. The third-order valence-corrected chi connectivity index (χ3v) is 8.68. The Labute approximate surface area is 230 Å². The predicted octanol–water partition coefficient (Wildman–Crippen LogP) is 5.42. The summed E-state index contributed by atoms with van der Waals surface area (Å²) < 4.78 is 28.2. The molecule has 4 aliphatic rings. The van der Waals surface area contributed by atoms with E-state index < -0.39 is 12.1 Å². The van der Waals surface area contributed by atoms with Gasteiger partial charge in [-0.2, -0.15) is 0 Å². The van der Waals surface area contributed by atoms with Gasteiger partial charge in [0.15, 0.2) is 18.3 Å². The number of hydrogen-bond donors (Lipinski definition) is 1. The second kappa shape index (κ2) is 11.5. The summed E-state index contributed by atoms with van der Waals surface area (Å²) in [4.78, 5) is 11.7. The topological polar surface area (TPSA) is 83.5 Å². The summed E-state index contributed by atoms with van der Waals surface area (Å²) >= 11 is 0. The first-order valence-corrected chi connectivity index (χ1v) is 13.8. The molecular weight excluding hydrogens is 496 g/mol. The molecule has 0 aromatic heterocycles. The Morgan fingerprint density at radius 1 is 0.974 bits per heavy atom. The number of hydrogen-bond acceptors (Lipinski definition) is 7. The molecule has 0 spiro atoms. The van der Waals surface area contributed by atoms with Crippen LogP contribution in [0.1, 0.15) is 78.6 Å². The number of aliphatic hydroxyl groups excluding tert-OH is 1. The van der Waals surface area contributed by atoms with Gasteiger partial charge in [-0.15, -0.1) is 0 Å². The van der Waals surface area contributed by atoms with Gasteiger partial charge < -0.3 is 28.8 Å². The zero-order chi connectivity index (χ0) is 27.6. The van der Waals surface area contributed by atoms with E-state index in [4.69, 9.17) is 23.7 Å². The maximum Gasteiger partial charge on any atom is 0.337 e. The van der Waals surface area contributed by atoms with Crippen LogP contribution in [0.15, 0.2) is 30.3 Å². The van der Waals surface area contributed by atoms with E-state index in [0.717, 1.165) is 42.6 Å². The van der Waals surface area contributed by atoms with Crippen molar-refractivity contribution in [2.75, 3.05) is 34.7 Å². The number of aliphatic hydroxyl groups is 1. The zero-order valence-electron chi connectivity index (χ0n) is 23.2. The van der Waals surface area contributed by atoms with Crippen molar-refractivity contribution >= 4 is 5.97 Å². The van der Waals surface area contributed by atoms with Crippen molar-refractivity contribution in [3.8, 4) is 29.1 Å². The molecule has 1 N–H and O–H groups in total.